The molecule has 0 radical (unpaired) electrons. The van der Waals surface area contributed by atoms with E-state index in [0.29, 0.717) is 0 Å². The fourth-order valence-corrected chi connectivity index (χ4v) is 3.97. The monoisotopic (exact) mass is 368 g/mol. The molecule has 1 heteroatoms. The van der Waals surface area contributed by atoms with E-state index in [-0.39, 0.29) is 0 Å². The standard InChI is InChI=1S/C28H21B/c29-28-18-26(20-6-2-1-3-7-20)17-27(19-28)23-12-10-22(11-13-23)25-15-14-21-8-4-5-9-24(21)16-25/h1-19H,29H2. The van der Waals surface area contributed by atoms with Gasteiger partial charge in [0, 0.05) is 0 Å². The lowest BCUT2D eigenvalue weighted by Gasteiger charge is -2.10. The maximum Gasteiger partial charge on any atom is 0.139 e. The van der Waals surface area contributed by atoms with Gasteiger partial charge in [0.05, 0.1) is 0 Å². The second-order valence-corrected chi connectivity index (χ2v) is 7.59. The minimum atomic E-state index is 1.25. The molecule has 0 heterocycles. The number of rotatable bonds is 3. The van der Waals surface area contributed by atoms with Crippen molar-refractivity contribution < 1.29 is 0 Å². The second-order valence-electron chi connectivity index (χ2n) is 7.59. The molecule has 0 bridgehead atoms. The van der Waals surface area contributed by atoms with Crippen LogP contribution in [0.25, 0.3) is 44.2 Å². The first kappa shape index (κ1) is 17.5. The van der Waals surface area contributed by atoms with Crippen LogP contribution in [0.5, 0.6) is 0 Å². The number of hydrogen-bond acceptors (Lipinski definition) is 0. The third-order valence-corrected chi connectivity index (χ3v) is 5.49. The van der Waals surface area contributed by atoms with E-state index in [1.54, 1.807) is 0 Å². The molecule has 5 rings (SSSR count). The Morgan fingerprint density at radius 3 is 1.55 bits per heavy atom. The largest absolute Gasteiger partial charge is 0.139 e. The summed E-state index contributed by atoms with van der Waals surface area (Å²) in [5.74, 6) is 0. The summed E-state index contributed by atoms with van der Waals surface area (Å²) in [4.78, 5) is 0. The van der Waals surface area contributed by atoms with Gasteiger partial charge in [-0.25, -0.2) is 0 Å². The van der Waals surface area contributed by atoms with Crippen molar-refractivity contribution in [1.82, 2.24) is 0 Å². The van der Waals surface area contributed by atoms with Gasteiger partial charge in [0.15, 0.2) is 0 Å². The van der Waals surface area contributed by atoms with Gasteiger partial charge in [-0.1, -0.05) is 109 Å². The topological polar surface area (TPSA) is 0 Å². The van der Waals surface area contributed by atoms with E-state index in [0.717, 1.165) is 0 Å². The molecular formula is C28H21B. The highest BCUT2D eigenvalue weighted by Crippen LogP contribution is 2.29. The van der Waals surface area contributed by atoms with Gasteiger partial charge in [0.1, 0.15) is 7.85 Å². The van der Waals surface area contributed by atoms with Gasteiger partial charge >= 0.3 is 0 Å². The lowest BCUT2D eigenvalue weighted by Crippen LogP contribution is -2.02. The van der Waals surface area contributed by atoms with E-state index >= 15 is 0 Å². The van der Waals surface area contributed by atoms with E-state index in [2.05, 4.69) is 123 Å². The van der Waals surface area contributed by atoms with E-state index in [1.807, 2.05) is 0 Å². The molecule has 0 atom stereocenters. The molecule has 29 heavy (non-hydrogen) atoms. The van der Waals surface area contributed by atoms with Crippen LogP contribution in [0.3, 0.4) is 0 Å². The maximum absolute atomic E-state index is 2.29. The molecule has 0 amide bonds. The number of benzene rings is 5. The molecule has 0 unspecified atom stereocenters. The highest BCUT2D eigenvalue weighted by atomic mass is 14.1. The highest BCUT2D eigenvalue weighted by molar-refractivity contribution is 6.33. The van der Waals surface area contributed by atoms with Crippen molar-refractivity contribution in [2.45, 2.75) is 0 Å². The molecule has 0 aliphatic heterocycles. The first-order chi connectivity index (χ1) is 14.3. The summed E-state index contributed by atoms with van der Waals surface area (Å²) in [6.45, 7) is 0. The summed E-state index contributed by atoms with van der Waals surface area (Å²) in [5, 5.41) is 2.56. The zero-order chi connectivity index (χ0) is 19.6. The van der Waals surface area contributed by atoms with Crippen LogP contribution in [-0.2, 0) is 0 Å². The van der Waals surface area contributed by atoms with Crippen molar-refractivity contribution in [3.05, 3.63) is 115 Å². The predicted molar refractivity (Wildman–Crippen MR) is 128 cm³/mol. The summed E-state index contributed by atoms with van der Waals surface area (Å²) in [6, 6.07) is 41.5. The molecule has 0 aromatic heterocycles. The Balaban J connectivity index is 1.51. The lowest BCUT2D eigenvalue weighted by molar-refractivity contribution is 1.59. The molecule has 0 N–H and O–H groups in total. The summed E-state index contributed by atoms with van der Waals surface area (Å²) >= 11 is 0. The first-order valence-electron chi connectivity index (χ1n) is 10.0. The van der Waals surface area contributed by atoms with Gasteiger partial charge in [-0.2, -0.15) is 0 Å². The van der Waals surface area contributed by atoms with E-state index in [1.165, 1.54) is 49.6 Å². The molecule has 0 fully saturated rings. The summed E-state index contributed by atoms with van der Waals surface area (Å²) in [5.41, 5.74) is 8.80. The van der Waals surface area contributed by atoms with Crippen molar-refractivity contribution in [3.63, 3.8) is 0 Å². The van der Waals surface area contributed by atoms with Crippen LogP contribution in [0.4, 0.5) is 0 Å². The Bertz CT molecular complexity index is 1290. The fraction of sp³-hybridized carbons (Fsp3) is 0. The Morgan fingerprint density at radius 2 is 0.862 bits per heavy atom. The van der Waals surface area contributed by atoms with Gasteiger partial charge in [0.25, 0.3) is 0 Å². The van der Waals surface area contributed by atoms with Gasteiger partial charge < -0.3 is 0 Å². The molecular weight excluding hydrogens is 347 g/mol. The van der Waals surface area contributed by atoms with Crippen molar-refractivity contribution in [2.24, 2.45) is 0 Å². The van der Waals surface area contributed by atoms with Crippen molar-refractivity contribution >= 4 is 24.1 Å². The van der Waals surface area contributed by atoms with Crippen molar-refractivity contribution in [2.75, 3.05) is 0 Å². The zero-order valence-corrected chi connectivity index (χ0v) is 16.5. The first-order valence-corrected chi connectivity index (χ1v) is 10.0. The number of hydrogen-bond donors (Lipinski definition) is 0. The van der Waals surface area contributed by atoms with Crippen LogP contribution in [0.2, 0.25) is 0 Å². The average molecular weight is 368 g/mol. The third-order valence-electron chi connectivity index (χ3n) is 5.49. The molecule has 0 aliphatic carbocycles. The van der Waals surface area contributed by atoms with Crippen LogP contribution in [0.15, 0.2) is 115 Å². The molecule has 0 nitrogen and oxygen atoms in total. The molecule has 0 saturated heterocycles. The van der Waals surface area contributed by atoms with Crippen LogP contribution < -0.4 is 5.46 Å². The Labute approximate surface area is 172 Å². The summed E-state index contributed by atoms with van der Waals surface area (Å²) < 4.78 is 0. The van der Waals surface area contributed by atoms with Gasteiger partial charge in [-0.15, -0.1) is 0 Å². The number of fused-ring (bicyclic) bond motifs is 1. The van der Waals surface area contributed by atoms with Crippen LogP contribution in [0.1, 0.15) is 0 Å². The predicted octanol–water partition coefficient (Wildman–Crippen LogP) is 6.10. The quantitative estimate of drug-likeness (QED) is 0.338. The van der Waals surface area contributed by atoms with E-state index in [9.17, 15) is 0 Å². The minimum Gasteiger partial charge on any atom is -0.0877 e. The highest BCUT2D eigenvalue weighted by Gasteiger charge is 2.05. The smallest absolute Gasteiger partial charge is 0.0877 e. The molecule has 5 aromatic rings. The van der Waals surface area contributed by atoms with Crippen LogP contribution in [-0.4, -0.2) is 7.85 Å². The van der Waals surface area contributed by atoms with Gasteiger partial charge in [0.2, 0.25) is 0 Å². The maximum atomic E-state index is 2.29. The SMILES string of the molecule is Bc1cc(-c2ccccc2)cc(-c2ccc(-c3ccc4ccccc4c3)cc2)c1. The molecule has 0 saturated carbocycles. The van der Waals surface area contributed by atoms with Crippen molar-refractivity contribution in [1.29, 1.82) is 0 Å². The summed E-state index contributed by atoms with van der Waals surface area (Å²) in [7, 11) is 2.17. The molecule has 0 aliphatic rings. The third kappa shape index (κ3) is 3.60. The van der Waals surface area contributed by atoms with E-state index in [4.69, 9.17) is 0 Å². The Morgan fingerprint density at radius 1 is 0.345 bits per heavy atom. The average Bonchev–Trinajstić information content (AvgIpc) is 2.79. The molecule has 136 valence electrons. The normalized spacial score (nSPS) is 10.9. The molecule has 0 spiro atoms. The van der Waals surface area contributed by atoms with Crippen molar-refractivity contribution in [3.8, 4) is 33.4 Å². The Hall–Kier alpha value is -3.58. The second kappa shape index (κ2) is 7.45. The molecule has 5 aromatic carbocycles. The van der Waals surface area contributed by atoms with Gasteiger partial charge in [-0.3, -0.25) is 0 Å². The fourth-order valence-electron chi connectivity index (χ4n) is 3.97. The minimum absolute atomic E-state index is 1.25. The van der Waals surface area contributed by atoms with Gasteiger partial charge in [-0.05, 0) is 56.3 Å². The lowest BCUT2D eigenvalue weighted by atomic mass is 9.88. The Kier molecular flexibility index (Phi) is 4.50. The van der Waals surface area contributed by atoms with Crippen LogP contribution >= 0.6 is 0 Å². The van der Waals surface area contributed by atoms with Crippen LogP contribution in [0, 0.1) is 0 Å². The summed E-state index contributed by atoms with van der Waals surface area (Å²) in [6.07, 6.45) is 0. The van der Waals surface area contributed by atoms with E-state index < -0.39 is 0 Å². The zero-order valence-electron chi connectivity index (χ0n) is 16.5.